The Morgan fingerprint density at radius 1 is 1.06 bits per heavy atom. The smallest absolute Gasteiger partial charge is 0.245 e. The number of carbonyl (C=O) groups is 1. The first-order chi connectivity index (χ1) is 7.84. The van der Waals surface area contributed by atoms with Crippen LogP contribution < -0.4 is 10.7 Å². The lowest BCUT2D eigenvalue weighted by Crippen LogP contribution is -2.26. The summed E-state index contributed by atoms with van der Waals surface area (Å²) in [5.41, 5.74) is 3.76. The molecule has 0 fully saturated rings. The van der Waals surface area contributed by atoms with Gasteiger partial charge < -0.3 is 10.7 Å². The summed E-state index contributed by atoms with van der Waals surface area (Å²) in [5, 5.41) is 2.79. The minimum atomic E-state index is -0.0695. The van der Waals surface area contributed by atoms with E-state index in [1.165, 1.54) is 0 Å². The van der Waals surface area contributed by atoms with E-state index in [-0.39, 0.29) is 12.5 Å². The van der Waals surface area contributed by atoms with Crippen LogP contribution in [-0.2, 0) is 4.79 Å². The van der Waals surface area contributed by atoms with Gasteiger partial charge in [-0.15, -0.1) is 0 Å². The highest BCUT2D eigenvalue weighted by Gasteiger charge is 2.00. The van der Waals surface area contributed by atoms with Gasteiger partial charge in [-0.05, 0) is 24.3 Å². The van der Waals surface area contributed by atoms with E-state index in [0.717, 1.165) is 5.69 Å². The van der Waals surface area contributed by atoms with Crippen molar-refractivity contribution in [3.63, 3.8) is 0 Å². The lowest BCUT2D eigenvalue weighted by atomic mass is 10.3. The number of carbonyl (C=O) groups excluding carboxylic acids is 1. The van der Waals surface area contributed by atoms with Gasteiger partial charge in [0.05, 0.1) is 0 Å². The highest BCUT2D eigenvalue weighted by atomic mass is 16.2. The fourth-order valence-electron chi connectivity index (χ4n) is 1.33. The number of rotatable bonds is 4. The molecule has 0 radical (unpaired) electrons. The van der Waals surface area contributed by atoms with Gasteiger partial charge in [0, 0.05) is 18.1 Å². The van der Waals surface area contributed by atoms with Crippen LogP contribution in [0.15, 0.2) is 54.9 Å². The number of nitrogens with zero attached hydrogens (tertiary/aromatic N) is 1. The third-order valence-corrected chi connectivity index (χ3v) is 2.08. The van der Waals surface area contributed by atoms with Crippen LogP contribution in [0.1, 0.15) is 0 Å². The largest absolute Gasteiger partial charge is 0.325 e. The molecule has 0 aliphatic heterocycles. The fourth-order valence-corrected chi connectivity index (χ4v) is 1.33. The Labute approximate surface area is 93.9 Å². The molecule has 0 saturated carbocycles. The maximum absolute atomic E-state index is 11.5. The number of aromatic nitrogens is 1. The molecule has 2 aromatic rings. The lowest BCUT2D eigenvalue weighted by molar-refractivity contribution is -0.114. The number of anilines is 1. The highest BCUT2D eigenvalue weighted by molar-refractivity contribution is 5.92. The maximum Gasteiger partial charge on any atom is 0.245 e. The van der Waals surface area contributed by atoms with Gasteiger partial charge in [-0.1, -0.05) is 18.2 Å². The van der Waals surface area contributed by atoms with Crippen LogP contribution in [0.5, 0.6) is 0 Å². The summed E-state index contributed by atoms with van der Waals surface area (Å²) in [6.45, 7) is 0.240. The summed E-state index contributed by atoms with van der Waals surface area (Å²) in [6.07, 6.45) is 3.69. The Kier molecular flexibility index (Phi) is 3.23. The zero-order chi connectivity index (χ0) is 11.2. The average Bonchev–Trinajstić information content (AvgIpc) is 2.81. The number of para-hydroxylation sites is 1. The van der Waals surface area contributed by atoms with Crippen molar-refractivity contribution in [3.05, 3.63) is 54.9 Å². The second-order valence-corrected chi connectivity index (χ2v) is 3.34. The van der Waals surface area contributed by atoms with Crippen LogP contribution in [0, 0.1) is 0 Å². The van der Waals surface area contributed by atoms with Crippen LogP contribution in [0.4, 0.5) is 5.69 Å². The summed E-state index contributed by atoms with van der Waals surface area (Å²) >= 11 is 0. The molecule has 1 aromatic carbocycles. The molecule has 1 amide bonds. The Balaban J connectivity index is 1.81. The Morgan fingerprint density at radius 2 is 1.75 bits per heavy atom. The van der Waals surface area contributed by atoms with Crippen molar-refractivity contribution < 1.29 is 4.79 Å². The topological polar surface area (TPSA) is 46.1 Å². The molecule has 4 heteroatoms. The molecule has 0 spiro atoms. The molecule has 4 nitrogen and oxygen atoms in total. The molecular formula is C12H13N3O. The minimum Gasteiger partial charge on any atom is -0.325 e. The molecule has 2 rings (SSSR count). The Morgan fingerprint density at radius 3 is 2.44 bits per heavy atom. The van der Waals surface area contributed by atoms with E-state index in [1.807, 2.05) is 54.9 Å². The molecular weight excluding hydrogens is 202 g/mol. The molecule has 0 saturated heterocycles. The predicted octanol–water partition coefficient (Wildman–Crippen LogP) is 1.67. The zero-order valence-electron chi connectivity index (χ0n) is 8.76. The van der Waals surface area contributed by atoms with E-state index in [4.69, 9.17) is 0 Å². The summed E-state index contributed by atoms with van der Waals surface area (Å²) < 4.78 is 1.74. The van der Waals surface area contributed by atoms with Crippen LogP contribution in [0.3, 0.4) is 0 Å². The first-order valence-corrected chi connectivity index (χ1v) is 5.06. The summed E-state index contributed by atoms with van der Waals surface area (Å²) in [7, 11) is 0. The van der Waals surface area contributed by atoms with Gasteiger partial charge >= 0.3 is 0 Å². The van der Waals surface area contributed by atoms with Crippen molar-refractivity contribution >= 4 is 11.6 Å². The molecule has 82 valence electrons. The van der Waals surface area contributed by atoms with E-state index in [0.29, 0.717) is 0 Å². The third-order valence-electron chi connectivity index (χ3n) is 2.08. The normalized spacial score (nSPS) is 9.75. The summed E-state index contributed by atoms with van der Waals surface area (Å²) in [5.74, 6) is -0.0695. The molecule has 0 bridgehead atoms. The molecule has 1 heterocycles. The van der Waals surface area contributed by atoms with Crippen molar-refractivity contribution in [3.8, 4) is 0 Å². The van der Waals surface area contributed by atoms with Crippen LogP contribution in [-0.4, -0.2) is 17.1 Å². The number of benzene rings is 1. The molecule has 0 unspecified atom stereocenters. The zero-order valence-corrected chi connectivity index (χ0v) is 8.76. The maximum atomic E-state index is 11.5. The first kappa shape index (κ1) is 10.3. The second kappa shape index (κ2) is 5.02. The van der Waals surface area contributed by atoms with Crippen molar-refractivity contribution in [1.29, 1.82) is 0 Å². The van der Waals surface area contributed by atoms with Crippen LogP contribution >= 0.6 is 0 Å². The van der Waals surface area contributed by atoms with E-state index < -0.39 is 0 Å². The van der Waals surface area contributed by atoms with Gasteiger partial charge in [-0.2, -0.15) is 0 Å². The Bertz CT molecular complexity index is 437. The van der Waals surface area contributed by atoms with E-state index in [1.54, 1.807) is 4.68 Å². The van der Waals surface area contributed by atoms with Crippen LogP contribution in [0.2, 0.25) is 0 Å². The van der Waals surface area contributed by atoms with Gasteiger partial charge in [0.15, 0.2) is 0 Å². The van der Waals surface area contributed by atoms with Gasteiger partial charge in [0.1, 0.15) is 6.54 Å². The number of amides is 1. The number of hydrogen-bond acceptors (Lipinski definition) is 2. The van der Waals surface area contributed by atoms with Crippen molar-refractivity contribution in [2.24, 2.45) is 0 Å². The fraction of sp³-hybridized carbons (Fsp3) is 0.0833. The molecule has 1 aromatic heterocycles. The van der Waals surface area contributed by atoms with Gasteiger partial charge in [0.2, 0.25) is 5.91 Å². The van der Waals surface area contributed by atoms with E-state index >= 15 is 0 Å². The standard InChI is InChI=1S/C12H13N3O/c16-12(10-13-15-8-4-5-9-15)14-11-6-2-1-3-7-11/h1-9,13H,10H2,(H,14,16). The van der Waals surface area contributed by atoms with Crippen molar-refractivity contribution in [2.45, 2.75) is 0 Å². The van der Waals surface area contributed by atoms with Crippen molar-refractivity contribution in [2.75, 3.05) is 17.3 Å². The lowest BCUT2D eigenvalue weighted by Gasteiger charge is -2.08. The van der Waals surface area contributed by atoms with E-state index in [9.17, 15) is 4.79 Å². The molecule has 16 heavy (non-hydrogen) atoms. The SMILES string of the molecule is O=C(CNn1cccc1)Nc1ccccc1. The quantitative estimate of drug-likeness (QED) is 0.815. The monoisotopic (exact) mass is 215 g/mol. The van der Waals surface area contributed by atoms with Gasteiger partial charge in [-0.3, -0.25) is 9.47 Å². The molecule has 0 atom stereocenters. The van der Waals surface area contributed by atoms with Crippen LogP contribution in [0.25, 0.3) is 0 Å². The second-order valence-electron chi connectivity index (χ2n) is 3.34. The van der Waals surface area contributed by atoms with Crippen molar-refractivity contribution in [1.82, 2.24) is 4.68 Å². The summed E-state index contributed by atoms with van der Waals surface area (Å²) in [4.78, 5) is 11.5. The highest BCUT2D eigenvalue weighted by Crippen LogP contribution is 2.03. The first-order valence-electron chi connectivity index (χ1n) is 5.06. The predicted molar refractivity (Wildman–Crippen MR) is 63.7 cm³/mol. The van der Waals surface area contributed by atoms with E-state index in [2.05, 4.69) is 10.7 Å². The number of nitrogens with one attached hydrogen (secondary N) is 2. The van der Waals surface area contributed by atoms with Gasteiger partial charge in [0.25, 0.3) is 0 Å². The molecule has 2 N–H and O–H groups in total. The Hall–Kier alpha value is -2.23. The third kappa shape index (κ3) is 2.88. The van der Waals surface area contributed by atoms with Gasteiger partial charge in [-0.25, -0.2) is 0 Å². The summed E-state index contributed by atoms with van der Waals surface area (Å²) in [6, 6.07) is 13.2. The average molecular weight is 215 g/mol. The molecule has 0 aliphatic carbocycles. The number of hydrogen-bond donors (Lipinski definition) is 2. The molecule has 0 aliphatic rings. The minimum absolute atomic E-state index is 0.0695.